The second kappa shape index (κ2) is 3.17. The van der Waals surface area contributed by atoms with E-state index in [9.17, 15) is 0 Å². The molecule has 2 aromatic heterocycles. The van der Waals surface area contributed by atoms with E-state index >= 15 is 0 Å². The minimum absolute atomic E-state index is 0.549. The maximum atomic E-state index is 5.16. The lowest BCUT2D eigenvalue weighted by molar-refractivity contribution is 0.402. The van der Waals surface area contributed by atoms with Crippen LogP contribution in [-0.2, 0) is 7.05 Å². The molecule has 74 valence electrons. The Kier molecular flexibility index (Phi) is 1.99. The molecular weight excluding hydrogens is 180 g/mol. The number of ether oxygens (including phenoxy) is 1. The minimum atomic E-state index is 0.549. The minimum Gasteiger partial charge on any atom is -0.479 e. The molecule has 0 saturated heterocycles. The summed E-state index contributed by atoms with van der Waals surface area (Å²) in [7, 11) is 5.29. The Labute approximate surface area is 81.7 Å². The van der Waals surface area contributed by atoms with Crippen LogP contribution in [0.5, 0.6) is 5.88 Å². The van der Waals surface area contributed by atoms with Crippen molar-refractivity contribution in [3.05, 3.63) is 12.3 Å². The maximum absolute atomic E-state index is 5.16. The van der Waals surface area contributed by atoms with E-state index in [-0.39, 0.29) is 0 Å². The van der Waals surface area contributed by atoms with Gasteiger partial charge in [0.15, 0.2) is 5.52 Å². The second-order valence-corrected chi connectivity index (χ2v) is 3.01. The van der Waals surface area contributed by atoms with Gasteiger partial charge in [-0.3, -0.25) is 4.68 Å². The molecular formula is C9H12N4O. The lowest BCUT2D eigenvalue weighted by Gasteiger charge is -2.02. The zero-order chi connectivity index (χ0) is 10.1. The SMILES string of the molecule is CNc1cc2cn(C)nc2c(OC)n1. The highest BCUT2D eigenvalue weighted by Gasteiger charge is 2.08. The summed E-state index contributed by atoms with van der Waals surface area (Å²) < 4.78 is 6.90. The molecule has 0 unspecified atom stereocenters. The summed E-state index contributed by atoms with van der Waals surface area (Å²) in [4.78, 5) is 4.24. The molecule has 0 aliphatic rings. The van der Waals surface area contributed by atoms with Gasteiger partial charge < -0.3 is 10.1 Å². The molecule has 2 rings (SSSR count). The zero-order valence-electron chi connectivity index (χ0n) is 8.40. The average Bonchev–Trinajstić information content (AvgIpc) is 2.56. The van der Waals surface area contributed by atoms with Gasteiger partial charge in [0.1, 0.15) is 5.82 Å². The van der Waals surface area contributed by atoms with Crippen LogP contribution in [0.2, 0.25) is 0 Å². The number of methoxy groups -OCH3 is 1. The zero-order valence-corrected chi connectivity index (χ0v) is 8.40. The fraction of sp³-hybridized carbons (Fsp3) is 0.333. The molecule has 0 fully saturated rings. The highest BCUT2D eigenvalue weighted by Crippen LogP contribution is 2.24. The highest BCUT2D eigenvalue weighted by molar-refractivity contribution is 5.85. The van der Waals surface area contributed by atoms with Crippen molar-refractivity contribution in [1.82, 2.24) is 14.8 Å². The number of nitrogens with zero attached hydrogens (tertiary/aromatic N) is 3. The molecule has 2 aromatic rings. The molecule has 1 N–H and O–H groups in total. The summed E-state index contributed by atoms with van der Waals surface area (Å²) in [5, 5.41) is 8.25. The first-order valence-electron chi connectivity index (χ1n) is 4.30. The van der Waals surface area contributed by atoms with Gasteiger partial charge in [0.2, 0.25) is 5.88 Å². The highest BCUT2D eigenvalue weighted by atomic mass is 16.5. The largest absolute Gasteiger partial charge is 0.479 e. The van der Waals surface area contributed by atoms with Gasteiger partial charge in [0.05, 0.1) is 7.11 Å². The normalized spacial score (nSPS) is 10.5. The van der Waals surface area contributed by atoms with Gasteiger partial charge in [-0.2, -0.15) is 10.1 Å². The molecule has 0 aliphatic heterocycles. The van der Waals surface area contributed by atoms with E-state index in [1.54, 1.807) is 11.8 Å². The van der Waals surface area contributed by atoms with E-state index < -0.39 is 0 Å². The molecule has 0 aromatic carbocycles. The fourth-order valence-corrected chi connectivity index (χ4v) is 1.39. The Morgan fingerprint density at radius 1 is 1.50 bits per heavy atom. The standard InChI is InChI=1S/C9H12N4O/c1-10-7-4-6-5-13(2)12-8(6)9(11-7)14-3/h4-5,10H,1-3H3. The predicted octanol–water partition coefficient (Wildman–Crippen LogP) is 1.02. The average molecular weight is 192 g/mol. The number of aryl methyl sites for hydroxylation is 1. The summed E-state index contributed by atoms with van der Waals surface area (Å²) in [6.07, 6.45) is 1.93. The number of rotatable bonds is 2. The van der Waals surface area contributed by atoms with E-state index in [2.05, 4.69) is 15.4 Å². The first-order valence-corrected chi connectivity index (χ1v) is 4.30. The van der Waals surface area contributed by atoms with Crippen LogP contribution in [0.4, 0.5) is 5.82 Å². The molecule has 0 atom stereocenters. The van der Waals surface area contributed by atoms with Gasteiger partial charge in [-0.05, 0) is 6.07 Å². The van der Waals surface area contributed by atoms with Crippen LogP contribution in [0.1, 0.15) is 0 Å². The van der Waals surface area contributed by atoms with Gasteiger partial charge in [-0.25, -0.2) is 0 Å². The van der Waals surface area contributed by atoms with Crippen molar-refractivity contribution in [1.29, 1.82) is 0 Å². The second-order valence-electron chi connectivity index (χ2n) is 3.01. The van der Waals surface area contributed by atoms with Crippen LogP contribution in [0.25, 0.3) is 10.9 Å². The van der Waals surface area contributed by atoms with Crippen LogP contribution in [0.15, 0.2) is 12.3 Å². The van der Waals surface area contributed by atoms with Crippen molar-refractivity contribution >= 4 is 16.7 Å². The van der Waals surface area contributed by atoms with E-state index in [0.717, 1.165) is 16.7 Å². The van der Waals surface area contributed by atoms with Crippen molar-refractivity contribution in [3.8, 4) is 5.88 Å². The van der Waals surface area contributed by atoms with Crippen molar-refractivity contribution < 1.29 is 4.74 Å². The quantitative estimate of drug-likeness (QED) is 0.771. The van der Waals surface area contributed by atoms with Crippen LogP contribution in [-0.4, -0.2) is 28.9 Å². The van der Waals surface area contributed by atoms with Crippen molar-refractivity contribution in [2.75, 3.05) is 19.5 Å². The first kappa shape index (κ1) is 8.80. The number of pyridine rings is 1. The van der Waals surface area contributed by atoms with Crippen molar-refractivity contribution in [3.63, 3.8) is 0 Å². The molecule has 0 radical (unpaired) electrons. The third-order valence-electron chi connectivity index (χ3n) is 2.02. The first-order chi connectivity index (χ1) is 6.74. The predicted molar refractivity (Wildman–Crippen MR) is 54.6 cm³/mol. The Balaban J connectivity index is 2.72. The summed E-state index contributed by atoms with van der Waals surface area (Å²) in [5.74, 6) is 1.33. The van der Waals surface area contributed by atoms with E-state index in [4.69, 9.17) is 4.74 Å². The van der Waals surface area contributed by atoms with E-state index in [1.165, 1.54) is 0 Å². The van der Waals surface area contributed by atoms with E-state index in [1.807, 2.05) is 26.4 Å². The Morgan fingerprint density at radius 3 is 2.93 bits per heavy atom. The summed E-state index contributed by atoms with van der Waals surface area (Å²) >= 11 is 0. The number of nitrogens with one attached hydrogen (secondary N) is 1. The summed E-state index contributed by atoms with van der Waals surface area (Å²) in [6, 6.07) is 1.94. The Bertz CT molecular complexity index is 463. The van der Waals surface area contributed by atoms with Crippen LogP contribution >= 0.6 is 0 Å². The van der Waals surface area contributed by atoms with Crippen LogP contribution in [0, 0.1) is 0 Å². The number of anilines is 1. The molecule has 0 saturated carbocycles. The molecule has 0 aliphatic carbocycles. The molecule has 0 amide bonds. The Morgan fingerprint density at radius 2 is 2.29 bits per heavy atom. The van der Waals surface area contributed by atoms with Gasteiger partial charge in [-0.1, -0.05) is 0 Å². The smallest absolute Gasteiger partial charge is 0.244 e. The van der Waals surface area contributed by atoms with E-state index in [0.29, 0.717) is 5.88 Å². The molecule has 5 heteroatoms. The lowest BCUT2D eigenvalue weighted by Crippen LogP contribution is -1.95. The topological polar surface area (TPSA) is 52.0 Å². The molecule has 2 heterocycles. The number of fused-ring (bicyclic) bond motifs is 1. The number of hydrogen-bond donors (Lipinski definition) is 1. The van der Waals surface area contributed by atoms with Gasteiger partial charge in [0.25, 0.3) is 0 Å². The van der Waals surface area contributed by atoms with Crippen molar-refractivity contribution in [2.24, 2.45) is 7.05 Å². The molecule has 0 bridgehead atoms. The third-order valence-corrected chi connectivity index (χ3v) is 2.02. The van der Waals surface area contributed by atoms with Gasteiger partial charge in [-0.15, -0.1) is 0 Å². The monoisotopic (exact) mass is 192 g/mol. The van der Waals surface area contributed by atoms with Gasteiger partial charge in [0, 0.05) is 25.7 Å². The summed E-state index contributed by atoms with van der Waals surface area (Å²) in [6.45, 7) is 0. The Hall–Kier alpha value is -1.78. The fourth-order valence-electron chi connectivity index (χ4n) is 1.39. The molecule has 14 heavy (non-hydrogen) atoms. The maximum Gasteiger partial charge on any atom is 0.244 e. The summed E-state index contributed by atoms with van der Waals surface area (Å²) in [5.41, 5.74) is 0.786. The molecule has 0 spiro atoms. The molecule has 5 nitrogen and oxygen atoms in total. The van der Waals surface area contributed by atoms with Crippen LogP contribution < -0.4 is 10.1 Å². The lowest BCUT2D eigenvalue weighted by atomic mass is 10.3. The van der Waals surface area contributed by atoms with Crippen LogP contribution in [0.3, 0.4) is 0 Å². The number of aromatic nitrogens is 3. The van der Waals surface area contributed by atoms with Gasteiger partial charge >= 0.3 is 0 Å². The van der Waals surface area contributed by atoms with Crippen molar-refractivity contribution in [2.45, 2.75) is 0 Å². The number of hydrogen-bond acceptors (Lipinski definition) is 4. The third kappa shape index (κ3) is 1.26.